The fraction of sp³-hybridized carbons (Fsp3) is 0.500. The molecule has 1 aromatic carbocycles. The van der Waals surface area contributed by atoms with Crippen molar-refractivity contribution in [3.8, 4) is 0 Å². The highest BCUT2D eigenvalue weighted by atomic mass is 79.9. The van der Waals surface area contributed by atoms with Crippen LogP contribution >= 0.6 is 31.9 Å². The lowest BCUT2D eigenvalue weighted by Crippen LogP contribution is -2.41. The quantitative estimate of drug-likeness (QED) is 0.709. The zero-order valence-corrected chi connectivity index (χ0v) is 13.4. The number of amides is 1. The van der Waals surface area contributed by atoms with E-state index in [4.69, 9.17) is 0 Å². The lowest BCUT2D eigenvalue weighted by atomic mass is 10.1. The summed E-state index contributed by atoms with van der Waals surface area (Å²) in [6.07, 6.45) is 4.67. The number of likely N-dealkylation sites (tertiary alicyclic amines) is 1. The number of alkyl halides is 1. The topological polar surface area (TPSA) is 20.3 Å². The van der Waals surface area contributed by atoms with Crippen molar-refractivity contribution in [2.24, 2.45) is 0 Å². The van der Waals surface area contributed by atoms with E-state index in [1.54, 1.807) is 0 Å². The minimum atomic E-state index is 0.155. The van der Waals surface area contributed by atoms with Crippen LogP contribution in [0.1, 0.15) is 36.0 Å². The summed E-state index contributed by atoms with van der Waals surface area (Å²) in [4.78, 5) is 14.6. The molecule has 0 aliphatic carbocycles. The van der Waals surface area contributed by atoms with Crippen LogP contribution in [0.5, 0.6) is 0 Å². The van der Waals surface area contributed by atoms with Gasteiger partial charge < -0.3 is 4.90 Å². The minimum absolute atomic E-state index is 0.155. The lowest BCUT2D eigenvalue weighted by molar-refractivity contribution is 0.0702. The van der Waals surface area contributed by atoms with E-state index in [1.165, 1.54) is 12.8 Å². The first-order chi connectivity index (χ1) is 8.72. The Balaban J connectivity index is 2.19. The van der Waals surface area contributed by atoms with Gasteiger partial charge in [0.05, 0.1) is 0 Å². The van der Waals surface area contributed by atoms with Crippen molar-refractivity contribution in [2.75, 3.05) is 11.9 Å². The van der Waals surface area contributed by atoms with Crippen LogP contribution in [0, 0.1) is 0 Å². The number of nitrogens with zero attached hydrogens (tertiary/aromatic N) is 1. The van der Waals surface area contributed by atoms with E-state index in [0.717, 1.165) is 34.8 Å². The molecule has 1 aliphatic heterocycles. The number of halogens is 2. The molecule has 4 heteroatoms. The summed E-state index contributed by atoms with van der Waals surface area (Å²) in [7, 11) is 0. The van der Waals surface area contributed by atoms with Crippen molar-refractivity contribution in [3.63, 3.8) is 0 Å². The number of hydrogen-bond donors (Lipinski definition) is 0. The summed E-state index contributed by atoms with van der Waals surface area (Å²) in [5.41, 5.74) is 0.775. The molecule has 1 aromatic rings. The monoisotopic (exact) mass is 373 g/mol. The molecule has 1 aliphatic rings. The first-order valence-corrected chi connectivity index (χ1v) is 8.26. The highest BCUT2D eigenvalue weighted by molar-refractivity contribution is 9.10. The van der Waals surface area contributed by atoms with E-state index in [1.807, 2.05) is 29.2 Å². The first-order valence-electron chi connectivity index (χ1n) is 6.35. The Hall–Kier alpha value is -0.350. The van der Waals surface area contributed by atoms with Gasteiger partial charge in [0.2, 0.25) is 0 Å². The van der Waals surface area contributed by atoms with Crippen LogP contribution in [-0.2, 0) is 0 Å². The number of hydrogen-bond acceptors (Lipinski definition) is 1. The molecular formula is C14H17Br2NO. The Morgan fingerprint density at radius 2 is 2.17 bits per heavy atom. The molecule has 1 amide bonds. The highest BCUT2D eigenvalue weighted by Gasteiger charge is 2.25. The summed E-state index contributed by atoms with van der Waals surface area (Å²) in [6, 6.07) is 7.99. The summed E-state index contributed by atoms with van der Waals surface area (Å²) in [6.45, 7) is 0.877. The van der Waals surface area contributed by atoms with E-state index in [0.29, 0.717) is 6.04 Å². The molecule has 1 heterocycles. The Morgan fingerprint density at radius 3 is 2.89 bits per heavy atom. The highest BCUT2D eigenvalue weighted by Crippen LogP contribution is 2.22. The van der Waals surface area contributed by atoms with Crippen LogP contribution in [0.15, 0.2) is 28.7 Å². The fourth-order valence-electron chi connectivity index (χ4n) is 2.39. The molecule has 0 spiro atoms. The van der Waals surface area contributed by atoms with Crippen LogP contribution in [0.4, 0.5) is 0 Å². The van der Waals surface area contributed by atoms with Crippen LogP contribution in [0.3, 0.4) is 0 Å². The summed E-state index contributed by atoms with van der Waals surface area (Å²) >= 11 is 6.96. The molecule has 1 saturated heterocycles. The standard InChI is InChI=1S/C14H17Br2NO/c15-10-13-7-2-1-3-8-17(13)14(18)11-5-4-6-12(16)9-11/h4-6,9,13H,1-3,7-8,10H2. The van der Waals surface area contributed by atoms with Gasteiger partial charge in [-0.1, -0.05) is 50.8 Å². The van der Waals surface area contributed by atoms with Crippen LogP contribution < -0.4 is 0 Å². The SMILES string of the molecule is O=C(c1cccc(Br)c1)N1CCCCCC1CBr. The molecule has 1 fully saturated rings. The molecule has 0 radical (unpaired) electrons. The van der Waals surface area contributed by atoms with Crippen molar-refractivity contribution >= 4 is 37.8 Å². The second kappa shape index (κ2) is 6.71. The molecule has 0 aromatic heterocycles. The van der Waals surface area contributed by atoms with Gasteiger partial charge in [0.1, 0.15) is 0 Å². The molecule has 98 valence electrons. The first kappa shape index (κ1) is 14.1. The van der Waals surface area contributed by atoms with Gasteiger partial charge in [-0.05, 0) is 31.0 Å². The zero-order valence-electron chi connectivity index (χ0n) is 10.2. The van der Waals surface area contributed by atoms with Crippen molar-refractivity contribution < 1.29 is 4.79 Å². The Labute approximate surface area is 125 Å². The predicted molar refractivity (Wildman–Crippen MR) is 81.2 cm³/mol. The summed E-state index contributed by atoms with van der Waals surface area (Å²) in [5.74, 6) is 0.155. The van der Waals surface area contributed by atoms with E-state index in [2.05, 4.69) is 31.9 Å². The van der Waals surface area contributed by atoms with Crippen molar-refractivity contribution in [1.82, 2.24) is 4.90 Å². The third kappa shape index (κ3) is 3.35. The van der Waals surface area contributed by atoms with Crippen molar-refractivity contribution in [1.29, 1.82) is 0 Å². The van der Waals surface area contributed by atoms with Gasteiger partial charge in [-0.15, -0.1) is 0 Å². The summed E-state index contributed by atoms with van der Waals surface area (Å²) in [5, 5.41) is 0.868. The largest absolute Gasteiger partial charge is 0.335 e. The molecular weight excluding hydrogens is 358 g/mol. The van der Waals surface area contributed by atoms with Gasteiger partial charge in [0, 0.05) is 28.0 Å². The maximum absolute atomic E-state index is 12.6. The third-order valence-corrected chi connectivity index (χ3v) is 4.63. The van der Waals surface area contributed by atoms with Gasteiger partial charge in [-0.25, -0.2) is 0 Å². The smallest absolute Gasteiger partial charge is 0.254 e. The number of carbonyl (C=O) groups is 1. The van der Waals surface area contributed by atoms with E-state index >= 15 is 0 Å². The van der Waals surface area contributed by atoms with Crippen LogP contribution in [0.2, 0.25) is 0 Å². The number of carbonyl (C=O) groups excluding carboxylic acids is 1. The van der Waals surface area contributed by atoms with Gasteiger partial charge in [-0.3, -0.25) is 4.79 Å². The summed E-state index contributed by atoms with van der Waals surface area (Å²) < 4.78 is 0.957. The second-order valence-corrected chi connectivity index (χ2v) is 6.23. The maximum atomic E-state index is 12.6. The lowest BCUT2D eigenvalue weighted by Gasteiger charge is -2.28. The molecule has 1 atom stereocenters. The molecule has 18 heavy (non-hydrogen) atoms. The number of rotatable bonds is 2. The van der Waals surface area contributed by atoms with Crippen LogP contribution in [0.25, 0.3) is 0 Å². The fourth-order valence-corrected chi connectivity index (χ4v) is 3.46. The van der Waals surface area contributed by atoms with E-state index < -0.39 is 0 Å². The third-order valence-electron chi connectivity index (χ3n) is 3.39. The Kier molecular flexibility index (Phi) is 5.25. The maximum Gasteiger partial charge on any atom is 0.254 e. The van der Waals surface area contributed by atoms with E-state index in [-0.39, 0.29) is 5.91 Å². The molecule has 2 rings (SSSR count). The van der Waals surface area contributed by atoms with Crippen molar-refractivity contribution in [2.45, 2.75) is 31.7 Å². The Bertz CT molecular complexity index is 422. The number of benzene rings is 1. The second-order valence-electron chi connectivity index (χ2n) is 4.67. The molecule has 2 nitrogen and oxygen atoms in total. The van der Waals surface area contributed by atoms with E-state index in [9.17, 15) is 4.79 Å². The van der Waals surface area contributed by atoms with Gasteiger partial charge in [0.15, 0.2) is 0 Å². The van der Waals surface area contributed by atoms with Crippen LogP contribution in [-0.4, -0.2) is 28.7 Å². The normalized spacial score (nSPS) is 20.6. The minimum Gasteiger partial charge on any atom is -0.335 e. The molecule has 1 unspecified atom stereocenters. The van der Waals surface area contributed by atoms with Crippen molar-refractivity contribution in [3.05, 3.63) is 34.3 Å². The average Bonchev–Trinajstić information content (AvgIpc) is 2.62. The van der Waals surface area contributed by atoms with Gasteiger partial charge in [0.25, 0.3) is 5.91 Å². The average molecular weight is 375 g/mol. The zero-order chi connectivity index (χ0) is 13.0. The molecule has 0 saturated carbocycles. The molecule has 0 N–H and O–H groups in total. The van der Waals surface area contributed by atoms with Gasteiger partial charge >= 0.3 is 0 Å². The van der Waals surface area contributed by atoms with Gasteiger partial charge in [-0.2, -0.15) is 0 Å². The molecule has 0 bridgehead atoms. The Morgan fingerprint density at radius 1 is 1.33 bits per heavy atom. The predicted octanol–water partition coefficient (Wildman–Crippen LogP) is 4.23.